The number of aliphatic hydroxyl groups is 1. The lowest BCUT2D eigenvalue weighted by molar-refractivity contribution is -0.138. The summed E-state index contributed by atoms with van der Waals surface area (Å²) in [6.07, 6.45) is -4.36. The second-order valence-electron chi connectivity index (χ2n) is 10.8. The lowest BCUT2D eigenvalue weighted by atomic mass is 9.97. The fourth-order valence-electron chi connectivity index (χ4n) is 5.37. The van der Waals surface area contributed by atoms with Gasteiger partial charge < -0.3 is 15.7 Å². The largest absolute Gasteiger partial charge is 0.416 e. The number of carbonyl (C=O) groups is 2. The molecule has 236 valence electrons. The van der Waals surface area contributed by atoms with E-state index >= 15 is 0 Å². The van der Waals surface area contributed by atoms with Crippen molar-refractivity contribution in [2.75, 3.05) is 32.6 Å². The van der Waals surface area contributed by atoms with Crippen molar-refractivity contribution in [2.24, 2.45) is 0 Å². The van der Waals surface area contributed by atoms with E-state index in [0.717, 1.165) is 24.5 Å². The van der Waals surface area contributed by atoms with Gasteiger partial charge in [0.15, 0.2) is 0 Å². The van der Waals surface area contributed by atoms with Crippen LogP contribution in [0.25, 0.3) is 11.3 Å². The maximum atomic E-state index is 14.0. The molecule has 3 N–H and O–H groups in total. The molecule has 0 spiro atoms. The minimum atomic E-state index is -4.74. The number of hydrogen-bond donors (Lipinski definition) is 3. The number of β-amino-alcohol motifs (C(OH)–C–C–N with tert-alkyl or cyclic N) is 1. The second kappa shape index (κ2) is 12.3. The van der Waals surface area contributed by atoms with E-state index in [2.05, 4.69) is 15.7 Å². The summed E-state index contributed by atoms with van der Waals surface area (Å²) in [5, 5.41) is 20.5. The lowest BCUT2D eigenvalue weighted by Gasteiger charge is -2.26. The molecule has 3 aromatic rings. The Morgan fingerprint density at radius 1 is 1.14 bits per heavy atom. The third-order valence-corrected chi connectivity index (χ3v) is 8.77. The lowest BCUT2D eigenvalue weighted by Crippen LogP contribution is -2.37. The van der Waals surface area contributed by atoms with Crippen LogP contribution in [0.5, 0.6) is 0 Å². The van der Waals surface area contributed by atoms with Gasteiger partial charge in [0.1, 0.15) is 5.82 Å². The zero-order valence-electron chi connectivity index (χ0n) is 23.6. The van der Waals surface area contributed by atoms with E-state index < -0.39 is 46.1 Å². The Kier molecular flexibility index (Phi) is 8.80. The first-order valence-corrected chi connectivity index (χ1v) is 15.5. The highest BCUT2D eigenvalue weighted by molar-refractivity contribution is 7.88. The third kappa shape index (κ3) is 7.09. The molecular weight excluding hydrogens is 608 g/mol. The smallest absolute Gasteiger partial charge is 0.390 e. The number of alkyl halides is 3. The Hall–Kier alpha value is -3.86. The average molecular weight is 639 g/mol. The van der Waals surface area contributed by atoms with Crippen LogP contribution >= 0.6 is 0 Å². The SMILES string of the molecule is CS(=O)(=O)N1CCc2c(c(-c3ccc(C(F)(F)F)c(CNC(=O)c4ccc(F)cc4)c3)nn2CC(O)CN2CNC(=O)C2)C1. The van der Waals surface area contributed by atoms with Crippen LogP contribution in [-0.4, -0.2) is 83.0 Å². The standard InChI is InChI=1S/C28H30F4N6O5S/c1-44(42,43)37-9-8-24-22(14-37)26(35-38(24)13-21(39)12-36-15-25(40)34-16-36)18-4-7-23(28(30,31)32)19(10-18)11-33-27(41)17-2-5-20(29)6-3-17/h2-7,10,21,39H,8-9,11-16H2,1H3,(H,33,41)(H,34,40). The van der Waals surface area contributed by atoms with Crippen LogP contribution in [0.15, 0.2) is 42.5 Å². The molecule has 5 rings (SSSR count). The fourth-order valence-corrected chi connectivity index (χ4v) is 6.16. The molecule has 1 saturated heterocycles. The number of aliphatic hydroxyl groups excluding tert-OH is 1. The highest BCUT2D eigenvalue weighted by atomic mass is 32.2. The van der Waals surface area contributed by atoms with Gasteiger partial charge in [0.05, 0.1) is 43.4 Å². The number of fused-ring (bicyclic) bond motifs is 1. The zero-order valence-corrected chi connectivity index (χ0v) is 24.4. The van der Waals surface area contributed by atoms with Gasteiger partial charge in [-0.3, -0.25) is 19.2 Å². The maximum Gasteiger partial charge on any atom is 0.416 e. The van der Waals surface area contributed by atoms with Crippen LogP contribution < -0.4 is 10.6 Å². The summed E-state index contributed by atoms with van der Waals surface area (Å²) in [6.45, 7) is 0.178. The van der Waals surface area contributed by atoms with Gasteiger partial charge in [0.2, 0.25) is 15.9 Å². The number of rotatable bonds is 9. The molecule has 0 aliphatic carbocycles. The first kappa shape index (κ1) is 31.6. The number of hydrogen-bond acceptors (Lipinski definition) is 7. The molecule has 11 nitrogen and oxygen atoms in total. The van der Waals surface area contributed by atoms with E-state index in [4.69, 9.17) is 0 Å². The highest BCUT2D eigenvalue weighted by Crippen LogP contribution is 2.37. The van der Waals surface area contributed by atoms with Gasteiger partial charge in [-0.2, -0.15) is 22.6 Å². The van der Waals surface area contributed by atoms with Crippen LogP contribution in [0.3, 0.4) is 0 Å². The summed E-state index contributed by atoms with van der Waals surface area (Å²) in [6, 6.07) is 7.91. The van der Waals surface area contributed by atoms with Crippen molar-refractivity contribution in [1.82, 2.24) is 29.6 Å². The quantitative estimate of drug-likeness (QED) is 0.304. The molecule has 0 radical (unpaired) electrons. The van der Waals surface area contributed by atoms with Gasteiger partial charge in [-0.05, 0) is 42.0 Å². The number of aromatic nitrogens is 2. The van der Waals surface area contributed by atoms with Crippen LogP contribution in [-0.2, 0) is 47.0 Å². The van der Waals surface area contributed by atoms with Crippen molar-refractivity contribution in [2.45, 2.75) is 38.3 Å². The third-order valence-electron chi connectivity index (χ3n) is 7.52. The van der Waals surface area contributed by atoms with Crippen molar-refractivity contribution in [1.29, 1.82) is 0 Å². The molecule has 3 heterocycles. The molecule has 1 aromatic heterocycles. The van der Waals surface area contributed by atoms with Gasteiger partial charge in [-0.25, -0.2) is 12.8 Å². The molecular formula is C28H30F4N6O5S. The first-order chi connectivity index (χ1) is 20.7. The number of halogens is 4. The Bertz CT molecular complexity index is 1680. The molecule has 2 aliphatic rings. The van der Waals surface area contributed by atoms with Crippen molar-refractivity contribution >= 4 is 21.8 Å². The second-order valence-corrected chi connectivity index (χ2v) is 12.8. The van der Waals surface area contributed by atoms with Crippen molar-refractivity contribution in [3.63, 3.8) is 0 Å². The summed E-state index contributed by atoms with van der Waals surface area (Å²) >= 11 is 0. The number of amides is 2. The molecule has 1 unspecified atom stereocenters. The number of benzene rings is 2. The fraction of sp³-hybridized carbons (Fsp3) is 0.393. The highest BCUT2D eigenvalue weighted by Gasteiger charge is 2.35. The van der Waals surface area contributed by atoms with Crippen molar-refractivity contribution < 1.29 is 40.7 Å². The predicted octanol–water partition coefficient (Wildman–Crippen LogP) is 1.71. The van der Waals surface area contributed by atoms with Crippen molar-refractivity contribution in [3.8, 4) is 11.3 Å². The molecule has 2 aliphatic heterocycles. The maximum absolute atomic E-state index is 14.0. The summed E-state index contributed by atoms with van der Waals surface area (Å²) in [5.74, 6) is -1.43. The van der Waals surface area contributed by atoms with Crippen LogP contribution in [0.1, 0.15) is 32.7 Å². The normalized spacial score (nSPS) is 16.9. The first-order valence-electron chi connectivity index (χ1n) is 13.6. The minimum Gasteiger partial charge on any atom is -0.390 e. The Morgan fingerprint density at radius 3 is 2.50 bits per heavy atom. The molecule has 2 amide bonds. The van der Waals surface area contributed by atoms with E-state index in [9.17, 15) is 40.7 Å². The van der Waals surface area contributed by atoms with Gasteiger partial charge in [-0.1, -0.05) is 6.07 Å². The number of sulfonamides is 1. The Morgan fingerprint density at radius 2 is 1.86 bits per heavy atom. The Balaban J connectivity index is 1.48. The molecule has 44 heavy (non-hydrogen) atoms. The molecule has 1 fully saturated rings. The molecule has 2 aromatic carbocycles. The van der Waals surface area contributed by atoms with E-state index in [-0.39, 0.29) is 74.1 Å². The van der Waals surface area contributed by atoms with E-state index in [1.807, 2.05) is 0 Å². The summed E-state index contributed by atoms with van der Waals surface area (Å²) in [4.78, 5) is 25.8. The number of nitrogens with one attached hydrogen (secondary N) is 2. The van der Waals surface area contributed by atoms with E-state index in [1.165, 1.54) is 33.3 Å². The monoisotopic (exact) mass is 638 g/mol. The minimum absolute atomic E-state index is 0.00706. The number of nitrogens with zero attached hydrogens (tertiary/aromatic N) is 4. The summed E-state index contributed by atoms with van der Waals surface area (Å²) in [5.41, 5.74) is 0.481. The predicted molar refractivity (Wildman–Crippen MR) is 150 cm³/mol. The molecule has 0 saturated carbocycles. The van der Waals surface area contributed by atoms with Gasteiger partial charge in [0.25, 0.3) is 5.91 Å². The van der Waals surface area contributed by atoms with Crippen molar-refractivity contribution in [3.05, 3.63) is 76.2 Å². The number of carbonyl (C=O) groups excluding carboxylic acids is 2. The molecule has 16 heteroatoms. The summed E-state index contributed by atoms with van der Waals surface area (Å²) in [7, 11) is -3.60. The zero-order chi connectivity index (χ0) is 31.8. The topological polar surface area (TPSA) is 137 Å². The molecule has 1 atom stereocenters. The molecule has 0 bridgehead atoms. The van der Waals surface area contributed by atoms with Gasteiger partial charge in [-0.15, -0.1) is 0 Å². The van der Waals surface area contributed by atoms with Crippen LogP contribution in [0, 0.1) is 5.82 Å². The van der Waals surface area contributed by atoms with Crippen LogP contribution in [0.2, 0.25) is 0 Å². The van der Waals surface area contributed by atoms with E-state index in [1.54, 1.807) is 4.90 Å². The average Bonchev–Trinajstić information content (AvgIpc) is 3.53. The van der Waals surface area contributed by atoms with Crippen LogP contribution in [0.4, 0.5) is 17.6 Å². The van der Waals surface area contributed by atoms with Gasteiger partial charge in [0, 0.05) is 55.0 Å². The van der Waals surface area contributed by atoms with E-state index in [0.29, 0.717) is 11.3 Å². The summed E-state index contributed by atoms with van der Waals surface area (Å²) < 4.78 is 82.7. The Labute approximate surface area is 250 Å². The van der Waals surface area contributed by atoms with Gasteiger partial charge >= 0.3 is 6.18 Å².